The number of hydrogen-bond donors (Lipinski definition) is 2. The zero-order chi connectivity index (χ0) is 16.6. The van der Waals surface area contributed by atoms with Gasteiger partial charge in [-0.15, -0.1) is 11.3 Å². The fourth-order valence-corrected chi connectivity index (χ4v) is 3.39. The van der Waals surface area contributed by atoms with Crippen molar-refractivity contribution >= 4 is 33.1 Å². The van der Waals surface area contributed by atoms with E-state index in [9.17, 15) is 9.59 Å². The number of benzene rings is 1. The van der Waals surface area contributed by atoms with Crippen molar-refractivity contribution < 1.29 is 9.53 Å². The molecule has 0 saturated carbocycles. The number of carbonyl (C=O) groups excluding carboxylic acids is 1. The number of nitrogens with zero attached hydrogens (tertiary/aromatic N) is 1. The van der Waals surface area contributed by atoms with Gasteiger partial charge in [-0.1, -0.05) is 12.1 Å². The van der Waals surface area contributed by atoms with Crippen LogP contribution in [0.5, 0.6) is 5.75 Å². The third-order valence-electron chi connectivity index (χ3n) is 3.46. The first-order valence-corrected chi connectivity index (χ1v) is 7.77. The zero-order valence-corrected chi connectivity index (χ0v) is 13.7. The van der Waals surface area contributed by atoms with Crippen LogP contribution in [0.25, 0.3) is 10.2 Å². The summed E-state index contributed by atoms with van der Waals surface area (Å²) in [5, 5.41) is 2.82. The number of thiophene rings is 1. The summed E-state index contributed by atoms with van der Waals surface area (Å²) in [4.78, 5) is 32.0. The summed E-state index contributed by atoms with van der Waals surface area (Å²) in [6.07, 6.45) is 0. The molecule has 7 heteroatoms. The Kier molecular flexibility index (Phi) is 3.87. The van der Waals surface area contributed by atoms with Gasteiger partial charge in [0.05, 0.1) is 23.2 Å². The molecule has 2 aromatic heterocycles. The van der Waals surface area contributed by atoms with Crippen LogP contribution in [-0.4, -0.2) is 23.0 Å². The first kappa shape index (κ1) is 15.2. The number of anilines is 1. The highest BCUT2D eigenvalue weighted by atomic mass is 32.1. The number of aryl methyl sites for hydroxylation is 2. The van der Waals surface area contributed by atoms with Gasteiger partial charge in [0, 0.05) is 0 Å². The first-order chi connectivity index (χ1) is 11.0. The Balaban J connectivity index is 2.03. The van der Waals surface area contributed by atoms with E-state index < -0.39 is 0 Å². The summed E-state index contributed by atoms with van der Waals surface area (Å²) in [5.74, 6) is 0.818. The van der Waals surface area contributed by atoms with E-state index in [1.165, 1.54) is 0 Å². The lowest BCUT2D eigenvalue weighted by Gasteiger charge is -2.09. The number of fused-ring (bicyclic) bond motifs is 1. The predicted molar refractivity (Wildman–Crippen MR) is 90.7 cm³/mol. The number of methoxy groups -OCH3 is 1. The van der Waals surface area contributed by atoms with E-state index in [1.807, 2.05) is 12.1 Å². The summed E-state index contributed by atoms with van der Waals surface area (Å²) in [6, 6.07) is 7.16. The molecular weight excluding hydrogens is 314 g/mol. The predicted octanol–water partition coefficient (Wildman–Crippen LogP) is 2.86. The number of aromatic nitrogens is 2. The molecule has 3 aromatic rings. The standard InChI is InChI=1S/C16H15N3O3S/c1-8-12-14(16(21)18-9(2)17-12)23-13(8)15(20)19-10-6-4-5-7-11(10)22-3/h4-7H,1-3H3,(H,19,20)(H,17,18,21). The number of hydrogen-bond acceptors (Lipinski definition) is 5. The van der Waals surface area contributed by atoms with Gasteiger partial charge in [-0.2, -0.15) is 0 Å². The molecule has 0 bridgehead atoms. The molecule has 2 N–H and O–H groups in total. The highest BCUT2D eigenvalue weighted by molar-refractivity contribution is 7.21. The second kappa shape index (κ2) is 5.85. The van der Waals surface area contributed by atoms with E-state index in [-0.39, 0.29) is 11.5 Å². The van der Waals surface area contributed by atoms with Gasteiger partial charge in [0.25, 0.3) is 11.5 Å². The molecule has 23 heavy (non-hydrogen) atoms. The number of H-pyrrole nitrogens is 1. The molecule has 118 valence electrons. The van der Waals surface area contributed by atoms with Crippen molar-refractivity contribution in [3.8, 4) is 5.75 Å². The number of amides is 1. The maximum Gasteiger partial charge on any atom is 0.268 e. The molecule has 1 amide bonds. The molecule has 3 rings (SSSR count). The molecule has 0 aliphatic carbocycles. The molecule has 2 heterocycles. The van der Waals surface area contributed by atoms with Crippen molar-refractivity contribution in [2.45, 2.75) is 13.8 Å². The Morgan fingerprint density at radius 3 is 2.78 bits per heavy atom. The molecule has 0 fully saturated rings. The Bertz CT molecular complexity index is 959. The third kappa shape index (κ3) is 2.70. The highest BCUT2D eigenvalue weighted by Crippen LogP contribution is 2.29. The number of rotatable bonds is 3. The van der Waals surface area contributed by atoms with E-state index in [0.29, 0.717) is 37.9 Å². The van der Waals surface area contributed by atoms with Gasteiger partial charge in [0.2, 0.25) is 0 Å². The molecule has 0 aliphatic rings. The molecular formula is C16H15N3O3S. The topological polar surface area (TPSA) is 84.1 Å². The Morgan fingerprint density at radius 2 is 2.04 bits per heavy atom. The fraction of sp³-hybridized carbons (Fsp3) is 0.188. The average Bonchev–Trinajstić information content (AvgIpc) is 2.85. The van der Waals surface area contributed by atoms with Crippen LogP contribution >= 0.6 is 11.3 Å². The minimum Gasteiger partial charge on any atom is -0.495 e. The number of carbonyl (C=O) groups is 1. The minimum absolute atomic E-state index is 0.225. The smallest absolute Gasteiger partial charge is 0.268 e. The molecule has 1 aromatic carbocycles. The van der Waals surface area contributed by atoms with Gasteiger partial charge < -0.3 is 15.0 Å². The van der Waals surface area contributed by atoms with E-state index in [0.717, 1.165) is 11.3 Å². The van der Waals surface area contributed by atoms with Gasteiger partial charge in [-0.25, -0.2) is 4.98 Å². The SMILES string of the molecule is COc1ccccc1NC(=O)c1sc2c(=O)[nH]c(C)nc2c1C. The molecule has 0 radical (unpaired) electrons. The molecule has 0 spiro atoms. The Labute approximate surface area is 136 Å². The van der Waals surface area contributed by atoms with Crippen molar-refractivity contribution in [2.24, 2.45) is 0 Å². The average molecular weight is 329 g/mol. The number of para-hydroxylation sites is 2. The first-order valence-electron chi connectivity index (χ1n) is 6.95. The zero-order valence-electron chi connectivity index (χ0n) is 12.9. The van der Waals surface area contributed by atoms with E-state index in [4.69, 9.17) is 4.74 Å². The molecule has 6 nitrogen and oxygen atoms in total. The van der Waals surface area contributed by atoms with Crippen LogP contribution in [0.2, 0.25) is 0 Å². The van der Waals surface area contributed by atoms with Gasteiger partial charge in [-0.3, -0.25) is 9.59 Å². The van der Waals surface area contributed by atoms with Crippen molar-refractivity contribution in [1.82, 2.24) is 9.97 Å². The molecule has 0 aliphatic heterocycles. The normalized spacial score (nSPS) is 10.7. The van der Waals surface area contributed by atoms with Gasteiger partial charge in [-0.05, 0) is 31.5 Å². The number of nitrogens with one attached hydrogen (secondary N) is 2. The maximum atomic E-state index is 12.6. The van der Waals surface area contributed by atoms with Gasteiger partial charge in [0.15, 0.2) is 0 Å². The Morgan fingerprint density at radius 1 is 1.30 bits per heavy atom. The number of ether oxygens (including phenoxy) is 1. The number of aromatic amines is 1. The lowest BCUT2D eigenvalue weighted by Crippen LogP contribution is -2.12. The lowest BCUT2D eigenvalue weighted by molar-refractivity contribution is 0.102. The van der Waals surface area contributed by atoms with Crippen LogP contribution < -0.4 is 15.6 Å². The van der Waals surface area contributed by atoms with Crippen LogP contribution in [0.1, 0.15) is 21.1 Å². The van der Waals surface area contributed by atoms with Crippen LogP contribution in [0.3, 0.4) is 0 Å². The van der Waals surface area contributed by atoms with Crippen molar-refractivity contribution in [2.75, 3.05) is 12.4 Å². The summed E-state index contributed by atoms with van der Waals surface area (Å²) < 4.78 is 5.68. The monoisotopic (exact) mass is 329 g/mol. The Hall–Kier alpha value is -2.67. The summed E-state index contributed by atoms with van der Waals surface area (Å²) in [5.41, 5.74) is 1.62. The van der Waals surface area contributed by atoms with Gasteiger partial charge in [0.1, 0.15) is 16.3 Å². The van der Waals surface area contributed by atoms with E-state index >= 15 is 0 Å². The van der Waals surface area contributed by atoms with Crippen molar-refractivity contribution in [3.05, 3.63) is 50.9 Å². The van der Waals surface area contributed by atoms with Crippen LogP contribution in [0.15, 0.2) is 29.1 Å². The minimum atomic E-state index is -0.285. The van der Waals surface area contributed by atoms with Crippen LogP contribution in [-0.2, 0) is 0 Å². The largest absolute Gasteiger partial charge is 0.495 e. The molecule has 0 saturated heterocycles. The summed E-state index contributed by atoms with van der Waals surface area (Å²) in [6.45, 7) is 3.51. The van der Waals surface area contributed by atoms with Gasteiger partial charge >= 0.3 is 0 Å². The third-order valence-corrected chi connectivity index (χ3v) is 4.74. The summed E-state index contributed by atoms with van der Waals surface area (Å²) >= 11 is 1.14. The van der Waals surface area contributed by atoms with Crippen LogP contribution in [0.4, 0.5) is 5.69 Å². The molecule has 0 atom stereocenters. The van der Waals surface area contributed by atoms with Crippen LogP contribution in [0, 0.1) is 13.8 Å². The van der Waals surface area contributed by atoms with Crippen molar-refractivity contribution in [1.29, 1.82) is 0 Å². The lowest BCUT2D eigenvalue weighted by atomic mass is 10.2. The maximum absolute atomic E-state index is 12.6. The van der Waals surface area contributed by atoms with E-state index in [1.54, 1.807) is 33.1 Å². The second-order valence-corrected chi connectivity index (χ2v) is 6.06. The van der Waals surface area contributed by atoms with E-state index in [2.05, 4.69) is 15.3 Å². The fourth-order valence-electron chi connectivity index (χ4n) is 2.35. The second-order valence-electron chi connectivity index (χ2n) is 5.04. The molecule has 0 unspecified atom stereocenters. The highest BCUT2D eigenvalue weighted by Gasteiger charge is 2.19. The summed E-state index contributed by atoms with van der Waals surface area (Å²) in [7, 11) is 1.54. The quantitative estimate of drug-likeness (QED) is 0.774. The van der Waals surface area contributed by atoms with Crippen molar-refractivity contribution in [3.63, 3.8) is 0 Å².